The third kappa shape index (κ3) is 5.45. The number of imide groups is 1. The van der Waals surface area contributed by atoms with Crippen molar-refractivity contribution in [3.05, 3.63) is 53.6 Å². The summed E-state index contributed by atoms with van der Waals surface area (Å²) in [5, 5.41) is 2.98. The maximum absolute atomic E-state index is 13.6. The first-order chi connectivity index (χ1) is 16.1. The van der Waals surface area contributed by atoms with E-state index >= 15 is 0 Å². The summed E-state index contributed by atoms with van der Waals surface area (Å²) in [6, 6.07) is 10.2. The first-order valence-electron chi connectivity index (χ1n) is 10.2. The van der Waals surface area contributed by atoms with Gasteiger partial charge in [-0.25, -0.2) is 13.3 Å². The van der Waals surface area contributed by atoms with Crippen molar-refractivity contribution in [2.75, 3.05) is 31.0 Å². The summed E-state index contributed by atoms with van der Waals surface area (Å²) in [6.07, 6.45) is -1.34. The maximum Gasteiger partial charge on any atom is 0.252 e. The van der Waals surface area contributed by atoms with Crippen molar-refractivity contribution in [3.8, 4) is 0 Å². The molecule has 1 aliphatic rings. The Kier molecular flexibility index (Phi) is 8.05. The number of benzene rings is 2. The average Bonchev–Trinajstić information content (AvgIpc) is 3.08. The Morgan fingerprint density at radius 3 is 2.24 bits per heavy atom. The average molecular weight is 510 g/mol. The minimum Gasteiger partial charge on any atom is -0.354 e. The smallest absolute Gasteiger partial charge is 0.252 e. The van der Waals surface area contributed by atoms with Gasteiger partial charge in [0.2, 0.25) is 21.8 Å². The minimum atomic E-state index is -4.27. The SMILES string of the molecule is COC(CN(C1CC(=O)N(c2ccc(Cl)cc2)C1=O)S(=O)(=O)c1ccc(NC(C)=O)cc1)OC. The highest BCUT2D eigenvalue weighted by molar-refractivity contribution is 7.89. The van der Waals surface area contributed by atoms with Gasteiger partial charge in [0.05, 0.1) is 23.5 Å². The van der Waals surface area contributed by atoms with Crippen LogP contribution >= 0.6 is 11.6 Å². The monoisotopic (exact) mass is 509 g/mol. The van der Waals surface area contributed by atoms with Gasteiger partial charge in [-0.1, -0.05) is 11.6 Å². The largest absolute Gasteiger partial charge is 0.354 e. The first kappa shape index (κ1) is 25.8. The molecule has 1 fully saturated rings. The number of nitrogens with one attached hydrogen (secondary N) is 1. The summed E-state index contributed by atoms with van der Waals surface area (Å²) in [5.41, 5.74) is 0.694. The number of hydrogen-bond donors (Lipinski definition) is 1. The molecule has 1 aliphatic heterocycles. The van der Waals surface area contributed by atoms with Gasteiger partial charge < -0.3 is 14.8 Å². The summed E-state index contributed by atoms with van der Waals surface area (Å²) in [7, 11) is -1.60. The van der Waals surface area contributed by atoms with Crippen LogP contribution in [0.25, 0.3) is 0 Å². The van der Waals surface area contributed by atoms with Crippen LogP contribution in [0.5, 0.6) is 0 Å². The molecule has 34 heavy (non-hydrogen) atoms. The Hall–Kier alpha value is -2.83. The number of anilines is 2. The minimum absolute atomic E-state index is 0.127. The number of methoxy groups -OCH3 is 2. The van der Waals surface area contributed by atoms with Gasteiger partial charge in [-0.2, -0.15) is 4.31 Å². The second kappa shape index (κ2) is 10.6. The van der Waals surface area contributed by atoms with Crippen LogP contribution in [0.4, 0.5) is 11.4 Å². The molecule has 1 N–H and O–H groups in total. The molecule has 0 spiro atoms. The van der Waals surface area contributed by atoms with Crippen molar-refractivity contribution in [1.82, 2.24) is 4.31 Å². The highest BCUT2D eigenvalue weighted by atomic mass is 35.5. The first-order valence-corrected chi connectivity index (χ1v) is 12.0. The highest BCUT2D eigenvalue weighted by Crippen LogP contribution is 2.30. The number of hydrogen-bond acceptors (Lipinski definition) is 7. The predicted molar refractivity (Wildman–Crippen MR) is 125 cm³/mol. The molecule has 1 unspecified atom stereocenters. The zero-order valence-corrected chi connectivity index (χ0v) is 20.3. The van der Waals surface area contributed by atoms with Crippen LogP contribution in [0.1, 0.15) is 13.3 Å². The molecule has 0 aromatic heterocycles. The van der Waals surface area contributed by atoms with Crippen molar-refractivity contribution in [2.24, 2.45) is 0 Å². The molecule has 3 amide bonds. The molecule has 1 atom stereocenters. The lowest BCUT2D eigenvalue weighted by Crippen LogP contribution is -2.49. The maximum atomic E-state index is 13.6. The fraction of sp³-hybridized carbons (Fsp3) is 0.318. The number of carbonyl (C=O) groups excluding carboxylic acids is 3. The summed E-state index contributed by atoms with van der Waals surface area (Å²) in [4.78, 5) is 38.1. The Balaban J connectivity index is 1.98. The van der Waals surface area contributed by atoms with Crippen LogP contribution in [-0.4, -0.2) is 63.5 Å². The Morgan fingerprint density at radius 1 is 1.12 bits per heavy atom. The normalized spacial score (nSPS) is 16.5. The second-order valence-corrected chi connectivity index (χ2v) is 9.77. The molecule has 182 valence electrons. The van der Waals surface area contributed by atoms with Gasteiger partial charge in [-0.15, -0.1) is 0 Å². The molecule has 1 saturated heterocycles. The van der Waals surface area contributed by atoms with E-state index in [4.69, 9.17) is 21.1 Å². The third-order valence-electron chi connectivity index (χ3n) is 5.19. The lowest BCUT2D eigenvalue weighted by molar-refractivity contribution is -0.126. The van der Waals surface area contributed by atoms with Crippen LogP contribution in [0, 0.1) is 0 Å². The molecule has 1 heterocycles. The number of amides is 3. The molecular formula is C22H24ClN3O7S. The lowest BCUT2D eigenvalue weighted by atomic mass is 10.2. The van der Waals surface area contributed by atoms with Gasteiger partial charge in [0.25, 0.3) is 5.91 Å². The fourth-order valence-electron chi connectivity index (χ4n) is 3.54. The number of nitrogens with zero attached hydrogens (tertiary/aromatic N) is 2. The molecule has 0 bridgehead atoms. The second-order valence-electron chi connectivity index (χ2n) is 7.44. The van der Waals surface area contributed by atoms with Gasteiger partial charge >= 0.3 is 0 Å². The zero-order valence-electron chi connectivity index (χ0n) is 18.7. The van der Waals surface area contributed by atoms with Gasteiger partial charge in [0, 0.05) is 31.9 Å². The fourth-order valence-corrected chi connectivity index (χ4v) is 5.23. The Morgan fingerprint density at radius 2 is 1.71 bits per heavy atom. The Labute approximate surface area is 202 Å². The summed E-state index contributed by atoms with van der Waals surface area (Å²) >= 11 is 5.90. The molecular weight excluding hydrogens is 486 g/mol. The molecule has 10 nitrogen and oxygen atoms in total. The van der Waals surface area contributed by atoms with Gasteiger partial charge in [-0.05, 0) is 48.5 Å². The van der Waals surface area contributed by atoms with E-state index < -0.39 is 34.2 Å². The molecule has 2 aromatic rings. The molecule has 12 heteroatoms. The van der Waals surface area contributed by atoms with E-state index in [0.717, 1.165) is 9.21 Å². The summed E-state index contributed by atoms with van der Waals surface area (Å²) < 4.78 is 38.4. The Bertz CT molecular complexity index is 1170. The van der Waals surface area contributed by atoms with Crippen molar-refractivity contribution < 1.29 is 32.3 Å². The summed E-state index contributed by atoms with van der Waals surface area (Å²) in [5.74, 6) is -1.56. The van der Waals surface area contributed by atoms with E-state index in [1.807, 2.05) is 0 Å². The van der Waals surface area contributed by atoms with Crippen LogP contribution < -0.4 is 10.2 Å². The zero-order chi connectivity index (χ0) is 25.0. The molecule has 3 rings (SSSR count). The van der Waals surface area contributed by atoms with Crippen molar-refractivity contribution in [3.63, 3.8) is 0 Å². The topological polar surface area (TPSA) is 122 Å². The van der Waals surface area contributed by atoms with Crippen LogP contribution in [0.15, 0.2) is 53.4 Å². The van der Waals surface area contributed by atoms with Crippen LogP contribution in [0.3, 0.4) is 0 Å². The van der Waals surface area contributed by atoms with Crippen molar-refractivity contribution >= 4 is 50.7 Å². The number of sulfonamides is 1. The number of rotatable bonds is 9. The molecule has 0 saturated carbocycles. The van der Waals surface area contributed by atoms with E-state index in [1.54, 1.807) is 0 Å². The molecule has 0 aliphatic carbocycles. The van der Waals surface area contributed by atoms with Crippen LogP contribution in [0.2, 0.25) is 5.02 Å². The number of carbonyl (C=O) groups is 3. The standard InChI is InChI=1S/C22H24ClN3O7S/c1-14(27)24-16-6-10-18(11-7-16)34(30,31)25(13-21(32-2)33-3)19-12-20(28)26(22(19)29)17-8-4-15(23)5-9-17/h4-11,19,21H,12-13H2,1-3H3,(H,24,27). The van der Waals surface area contributed by atoms with Crippen LogP contribution in [-0.2, 0) is 33.9 Å². The van der Waals surface area contributed by atoms with Gasteiger partial charge in [0.1, 0.15) is 6.04 Å². The predicted octanol–water partition coefficient (Wildman–Crippen LogP) is 2.24. The highest BCUT2D eigenvalue weighted by Gasteiger charge is 2.47. The van der Waals surface area contributed by atoms with E-state index in [-0.39, 0.29) is 29.5 Å². The van der Waals surface area contributed by atoms with E-state index in [1.165, 1.54) is 69.7 Å². The van der Waals surface area contributed by atoms with Crippen molar-refractivity contribution in [1.29, 1.82) is 0 Å². The van der Waals surface area contributed by atoms with E-state index in [2.05, 4.69) is 5.32 Å². The van der Waals surface area contributed by atoms with E-state index in [0.29, 0.717) is 10.7 Å². The lowest BCUT2D eigenvalue weighted by Gasteiger charge is -2.29. The summed E-state index contributed by atoms with van der Waals surface area (Å²) in [6.45, 7) is 0.998. The number of halogens is 1. The van der Waals surface area contributed by atoms with Gasteiger partial charge in [0.15, 0.2) is 6.29 Å². The quantitative estimate of drug-likeness (QED) is 0.406. The molecule has 2 aromatic carbocycles. The third-order valence-corrected chi connectivity index (χ3v) is 7.33. The number of ether oxygens (including phenoxy) is 2. The van der Waals surface area contributed by atoms with Gasteiger partial charge in [-0.3, -0.25) is 14.4 Å². The molecule has 0 radical (unpaired) electrons. The van der Waals surface area contributed by atoms with Crippen molar-refractivity contribution in [2.45, 2.75) is 30.6 Å². The van der Waals surface area contributed by atoms with E-state index in [9.17, 15) is 22.8 Å².